The van der Waals surface area contributed by atoms with E-state index in [1.165, 1.54) is 0 Å². The molecule has 2 N–H and O–H groups in total. The molecule has 0 unspecified atom stereocenters. The molecule has 1 aliphatic heterocycles. The van der Waals surface area contributed by atoms with Crippen LogP contribution in [0.25, 0.3) is 0 Å². The summed E-state index contributed by atoms with van der Waals surface area (Å²) in [5.74, 6) is 0.540. The molecule has 1 atom stereocenters. The maximum absolute atomic E-state index is 12.5. The van der Waals surface area contributed by atoms with Crippen molar-refractivity contribution >= 4 is 17.5 Å². The molecule has 24 heavy (non-hydrogen) atoms. The number of carbonyl (C=O) groups is 2. The molecule has 124 valence electrons. The Kier molecular flexibility index (Phi) is 4.25. The van der Waals surface area contributed by atoms with Crippen molar-refractivity contribution in [2.75, 3.05) is 12.4 Å². The zero-order chi connectivity index (χ0) is 17.3. The standard InChI is InChI=1S/C19H20N2O3/c1-11-4-5-14(9-17(11)24-3)19(23)20-12(2)13-6-7-16-15(8-13)10-18(22)21-16/h4-9,12H,10H2,1-3H3,(H,20,23)(H,21,22)/t12-/m1/s1. The second-order valence-electron chi connectivity index (χ2n) is 6.02. The van der Waals surface area contributed by atoms with E-state index in [0.29, 0.717) is 17.7 Å². The van der Waals surface area contributed by atoms with Gasteiger partial charge in [0.1, 0.15) is 5.75 Å². The van der Waals surface area contributed by atoms with E-state index in [1.807, 2.05) is 38.1 Å². The van der Waals surface area contributed by atoms with Crippen molar-refractivity contribution in [2.45, 2.75) is 26.3 Å². The lowest BCUT2D eigenvalue weighted by Crippen LogP contribution is -2.26. The fourth-order valence-electron chi connectivity index (χ4n) is 2.84. The van der Waals surface area contributed by atoms with Crippen LogP contribution >= 0.6 is 0 Å². The highest BCUT2D eigenvalue weighted by molar-refractivity contribution is 5.99. The van der Waals surface area contributed by atoms with Gasteiger partial charge in [-0.25, -0.2) is 0 Å². The predicted molar refractivity (Wildman–Crippen MR) is 92.4 cm³/mol. The number of anilines is 1. The number of carbonyl (C=O) groups excluding carboxylic acids is 2. The highest BCUT2D eigenvalue weighted by atomic mass is 16.5. The second-order valence-corrected chi connectivity index (χ2v) is 6.02. The number of ether oxygens (including phenoxy) is 1. The van der Waals surface area contributed by atoms with Crippen LogP contribution in [0, 0.1) is 6.92 Å². The summed E-state index contributed by atoms with van der Waals surface area (Å²) < 4.78 is 5.27. The normalized spacial score (nSPS) is 13.9. The predicted octanol–water partition coefficient (Wildman–Crippen LogP) is 2.99. The molecule has 0 aliphatic carbocycles. The minimum atomic E-state index is -0.161. The Morgan fingerprint density at radius 1 is 1.25 bits per heavy atom. The molecule has 2 aromatic carbocycles. The number of hydrogen-bond acceptors (Lipinski definition) is 3. The number of amides is 2. The highest BCUT2D eigenvalue weighted by Crippen LogP contribution is 2.26. The van der Waals surface area contributed by atoms with E-state index in [4.69, 9.17) is 4.74 Å². The zero-order valence-electron chi connectivity index (χ0n) is 14.0. The van der Waals surface area contributed by atoms with Crippen molar-refractivity contribution in [2.24, 2.45) is 0 Å². The average Bonchev–Trinajstić information content (AvgIpc) is 2.94. The molecule has 0 spiro atoms. The molecule has 2 aromatic rings. The molecule has 0 radical (unpaired) electrons. The molecule has 5 nitrogen and oxygen atoms in total. The summed E-state index contributed by atoms with van der Waals surface area (Å²) in [5, 5.41) is 5.79. The van der Waals surface area contributed by atoms with Gasteiger partial charge in [-0.2, -0.15) is 0 Å². The maximum Gasteiger partial charge on any atom is 0.251 e. The molecule has 3 rings (SSSR count). The molecular weight excluding hydrogens is 304 g/mol. The molecule has 0 fully saturated rings. The Morgan fingerprint density at radius 2 is 2.04 bits per heavy atom. The van der Waals surface area contributed by atoms with Crippen LogP contribution < -0.4 is 15.4 Å². The number of nitrogens with one attached hydrogen (secondary N) is 2. The first kappa shape index (κ1) is 16.1. The number of aryl methyl sites for hydroxylation is 1. The van der Waals surface area contributed by atoms with Crippen LogP contribution in [-0.2, 0) is 11.2 Å². The van der Waals surface area contributed by atoms with Gasteiger partial charge in [-0.3, -0.25) is 9.59 Å². The largest absolute Gasteiger partial charge is 0.496 e. The average molecular weight is 324 g/mol. The van der Waals surface area contributed by atoms with Gasteiger partial charge >= 0.3 is 0 Å². The first-order valence-corrected chi connectivity index (χ1v) is 7.86. The molecule has 1 aliphatic rings. The summed E-state index contributed by atoms with van der Waals surface area (Å²) in [7, 11) is 1.59. The van der Waals surface area contributed by atoms with Crippen LogP contribution in [0.4, 0.5) is 5.69 Å². The summed E-state index contributed by atoms with van der Waals surface area (Å²) in [5.41, 5.74) is 4.33. The third-order valence-corrected chi connectivity index (χ3v) is 4.27. The Hall–Kier alpha value is -2.82. The van der Waals surface area contributed by atoms with Crippen LogP contribution in [-0.4, -0.2) is 18.9 Å². The Labute approximate surface area is 141 Å². The fraction of sp³-hybridized carbons (Fsp3) is 0.263. The van der Waals surface area contributed by atoms with E-state index in [0.717, 1.165) is 22.4 Å². The maximum atomic E-state index is 12.5. The van der Waals surface area contributed by atoms with Gasteiger partial charge in [-0.1, -0.05) is 18.2 Å². The van der Waals surface area contributed by atoms with Gasteiger partial charge in [0.05, 0.1) is 19.6 Å². The Morgan fingerprint density at radius 3 is 2.79 bits per heavy atom. The number of fused-ring (bicyclic) bond motifs is 1. The van der Waals surface area contributed by atoms with Crippen LogP contribution in [0.2, 0.25) is 0 Å². The molecule has 0 aromatic heterocycles. The molecule has 0 saturated carbocycles. The summed E-state index contributed by atoms with van der Waals surface area (Å²) in [6.45, 7) is 3.86. The fourth-order valence-corrected chi connectivity index (χ4v) is 2.84. The topological polar surface area (TPSA) is 67.4 Å². The van der Waals surface area contributed by atoms with Gasteiger partial charge in [0, 0.05) is 11.3 Å². The van der Waals surface area contributed by atoms with Gasteiger partial charge in [-0.15, -0.1) is 0 Å². The van der Waals surface area contributed by atoms with Crippen LogP contribution in [0.5, 0.6) is 5.75 Å². The number of hydrogen-bond donors (Lipinski definition) is 2. The van der Waals surface area contributed by atoms with Crippen molar-refractivity contribution in [3.8, 4) is 5.75 Å². The molecule has 5 heteroatoms. The zero-order valence-corrected chi connectivity index (χ0v) is 14.0. The van der Waals surface area contributed by atoms with Crippen LogP contribution in [0.1, 0.15) is 40.0 Å². The summed E-state index contributed by atoms with van der Waals surface area (Å²) >= 11 is 0. The SMILES string of the molecule is COc1cc(C(=O)N[C@H](C)c2ccc3c(c2)CC(=O)N3)ccc1C. The second kappa shape index (κ2) is 6.35. The number of benzene rings is 2. The number of rotatable bonds is 4. The van der Waals surface area contributed by atoms with Crippen molar-refractivity contribution in [3.63, 3.8) is 0 Å². The van der Waals surface area contributed by atoms with Gasteiger partial charge in [0.25, 0.3) is 5.91 Å². The number of methoxy groups -OCH3 is 1. The van der Waals surface area contributed by atoms with Crippen LogP contribution in [0.3, 0.4) is 0 Å². The third kappa shape index (κ3) is 3.11. The summed E-state index contributed by atoms with van der Waals surface area (Å²) in [6, 6.07) is 11.0. The molecular formula is C19H20N2O3. The summed E-state index contributed by atoms with van der Waals surface area (Å²) in [6.07, 6.45) is 0.388. The van der Waals surface area contributed by atoms with Gasteiger partial charge in [0.15, 0.2) is 0 Å². The quantitative estimate of drug-likeness (QED) is 0.908. The van der Waals surface area contributed by atoms with Gasteiger partial charge in [0.2, 0.25) is 5.91 Å². The van der Waals surface area contributed by atoms with E-state index in [2.05, 4.69) is 10.6 Å². The Bertz CT molecular complexity index is 814. The Balaban J connectivity index is 1.75. The van der Waals surface area contributed by atoms with E-state index >= 15 is 0 Å². The van der Waals surface area contributed by atoms with Gasteiger partial charge in [-0.05, 0) is 48.7 Å². The highest BCUT2D eigenvalue weighted by Gasteiger charge is 2.19. The van der Waals surface area contributed by atoms with Crippen molar-refractivity contribution in [1.29, 1.82) is 0 Å². The van der Waals surface area contributed by atoms with Crippen LogP contribution in [0.15, 0.2) is 36.4 Å². The smallest absolute Gasteiger partial charge is 0.251 e. The minimum Gasteiger partial charge on any atom is -0.496 e. The lowest BCUT2D eigenvalue weighted by Gasteiger charge is -2.16. The molecule has 1 heterocycles. The first-order chi connectivity index (χ1) is 11.5. The van der Waals surface area contributed by atoms with E-state index in [9.17, 15) is 9.59 Å². The van der Waals surface area contributed by atoms with Crippen molar-refractivity contribution in [3.05, 3.63) is 58.7 Å². The third-order valence-electron chi connectivity index (χ3n) is 4.27. The lowest BCUT2D eigenvalue weighted by atomic mass is 10.0. The molecule has 0 bridgehead atoms. The van der Waals surface area contributed by atoms with E-state index < -0.39 is 0 Å². The molecule has 2 amide bonds. The molecule has 0 saturated heterocycles. The van der Waals surface area contributed by atoms with Crippen molar-refractivity contribution in [1.82, 2.24) is 5.32 Å². The summed E-state index contributed by atoms with van der Waals surface area (Å²) in [4.78, 5) is 23.9. The lowest BCUT2D eigenvalue weighted by molar-refractivity contribution is -0.115. The first-order valence-electron chi connectivity index (χ1n) is 7.86. The van der Waals surface area contributed by atoms with E-state index in [-0.39, 0.29) is 17.9 Å². The van der Waals surface area contributed by atoms with Gasteiger partial charge < -0.3 is 15.4 Å². The minimum absolute atomic E-state index is 0.00518. The van der Waals surface area contributed by atoms with Crippen molar-refractivity contribution < 1.29 is 14.3 Å². The van der Waals surface area contributed by atoms with E-state index in [1.54, 1.807) is 19.2 Å². The monoisotopic (exact) mass is 324 g/mol.